The molecule has 18 heavy (non-hydrogen) atoms. The number of anilines is 1. The van der Waals surface area contributed by atoms with Gasteiger partial charge in [-0.3, -0.25) is 4.79 Å². The van der Waals surface area contributed by atoms with Crippen molar-refractivity contribution in [2.24, 2.45) is 5.73 Å². The molecule has 2 rings (SSSR count). The zero-order valence-corrected chi connectivity index (χ0v) is 11.4. The lowest BCUT2D eigenvalue weighted by Gasteiger charge is -2.09. The first kappa shape index (κ1) is 12.7. The summed E-state index contributed by atoms with van der Waals surface area (Å²) >= 11 is 6.41. The fourth-order valence-electron chi connectivity index (χ4n) is 1.50. The second-order valence-corrected chi connectivity index (χ2v) is 5.08. The Hall–Kier alpha value is -1.72. The predicted octanol–water partition coefficient (Wildman–Crippen LogP) is 2.94. The quantitative estimate of drug-likeness (QED) is 0.847. The molecule has 1 heterocycles. The van der Waals surface area contributed by atoms with Gasteiger partial charge in [0.1, 0.15) is 4.99 Å². The summed E-state index contributed by atoms with van der Waals surface area (Å²) in [7, 11) is 0. The van der Waals surface area contributed by atoms with Gasteiger partial charge in [-0.2, -0.15) is 11.3 Å². The van der Waals surface area contributed by atoms with Gasteiger partial charge in [-0.15, -0.1) is 0 Å². The lowest BCUT2D eigenvalue weighted by molar-refractivity contribution is 0.102. The molecule has 0 aliphatic heterocycles. The number of hydrogen-bond donors (Lipinski definition) is 2. The molecule has 2 aromatic rings. The van der Waals surface area contributed by atoms with Crippen molar-refractivity contribution in [3.63, 3.8) is 0 Å². The van der Waals surface area contributed by atoms with Gasteiger partial charge in [0.05, 0.1) is 5.56 Å². The van der Waals surface area contributed by atoms with Crippen LogP contribution in [0.2, 0.25) is 0 Å². The van der Waals surface area contributed by atoms with Crippen molar-refractivity contribution in [1.82, 2.24) is 0 Å². The Labute approximate surface area is 115 Å². The Bertz CT molecular complexity index is 591. The van der Waals surface area contributed by atoms with Crippen molar-refractivity contribution in [3.05, 3.63) is 51.7 Å². The van der Waals surface area contributed by atoms with Crippen molar-refractivity contribution in [2.75, 3.05) is 5.32 Å². The number of thiocarbonyl (C=S) groups is 1. The van der Waals surface area contributed by atoms with E-state index in [0.29, 0.717) is 10.6 Å². The maximum Gasteiger partial charge on any atom is 0.256 e. The summed E-state index contributed by atoms with van der Waals surface area (Å²) in [5.41, 5.74) is 8.68. The van der Waals surface area contributed by atoms with Crippen LogP contribution >= 0.6 is 23.6 Å². The maximum atomic E-state index is 11.9. The number of aryl methyl sites for hydroxylation is 1. The minimum atomic E-state index is -0.126. The number of thiophene rings is 1. The number of carbonyl (C=O) groups excluding carboxylic acids is 1. The van der Waals surface area contributed by atoms with Crippen molar-refractivity contribution in [1.29, 1.82) is 0 Å². The van der Waals surface area contributed by atoms with E-state index in [-0.39, 0.29) is 5.91 Å². The topological polar surface area (TPSA) is 55.1 Å². The third-order valence-electron chi connectivity index (χ3n) is 2.55. The van der Waals surface area contributed by atoms with Gasteiger partial charge in [-0.1, -0.05) is 24.4 Å². The summed E-state index contributed by atoms with van der Waals surface area (Å²) in [6, 6.07) is 7.31. The minimum absolute atomic E-state index is 0.126. The number of carbonyl (C=O) groups is 1. The van der Waals surface area contributed by atoms with E-state index in [0.717, 1.165) is 16.8 Å². The highest BCUT2D eigenvalue weighted by molar-refractivity contribution is 7.80. The van der Waals surface area contributed by atoms with Crippen LogP contribution in [-0.4, -0.2) is 10.9 Å². The molecule has 0 unspecified atom stereocenters. The highest BCUT2D eigenvalue weighted by Gasteiger charge is 2.09. The molecule has 1 aromatic heterocycles. The molecule has 0 saturated heterocycles. The largest absolute Gasteiger partial charge is 0.389 e. The van der Waals surface area contributed by atoms with Gasteiger partial charge >= 0.3 is 0 Å². The highest BCUT2D eigenvalue weighted by atomic mass is 32.1. The molecule has 3 nitrogen and oxygen atoms in total. The first-order valence-corrected chi connectivity index (χ1v) is 6.67. The number of nitrogens with two attached hydrogens (primary N) is 1. The summed E-state index contributed by atoms with van der Waals surface area (Å²) in [6.45, 7) is 1.92. The molecule has 1 amide bonds. The fraction of sp³-hybridized carbons (Fsp3) is 0.0769. The molecule has 3 N–H and O–H groups in total. The second kappa shape index (κ2) is 5.29. The van der Waals surface area contributed by atoms with Gasteiger partial charge in [0, 0.05) is 16.6 Å². The van der Waals surface area contributed by atoms with Crippen LogP contribution in [0.4, 0.5) is 5.69 Å². The lowest BCUT2D eigenvalue weighted by atomic mass is 10.1. The van der Waals surface area contributed by atoms with Gasteiger partial charge in [0.15, 0.2) is 0 Å². The Morgan fingerprint density at radius 2 is 2.11 bits per heavy atom. The highest BCUT2D eigenvalue weighted by Crippen LogP contribution is 2.18. The number of hydrogen-bond acceptors (Lipinski definition) is 3. The molecule has 0 bridgehead atoms. The van der Waals surface area contributed by atoms with E-state index in [1.165, 1.54) is 11.3 Å². The van der Waals surface area contributed by atoms with Crippen LogP contribution in [0.1, 0.15) is 21.5 Å². The molecule has 0 spiro atoms. The van der Waals surface area contributed by atoms with E-state index in [4.69, 9.17) is 18.0 Å². The summed E-state index contributed by atoms with van der Waals surface area (Å²) in [5, 5.41) is 6.54. The van der Waals surface area contributed by atoms with Gasteiger partial charge < -0.3 is 11.1 Å². The van der Waals surface area contributed by atoms with Gasteiger partial charge in [-0.25, -0.2) is 0 Å². The minimum Gasteiger partial charge on any atom is -0.389 e. The van der Waals surface area contributed by atoms with Crippen LogP contribution < -0.4 is 11.1 Å². The number of benzene rings is 1. The zero-order chi connectivity index (χ0) is 13.1. The molecule has 0 aliphatic rings. The van der Waals surface area contributed by atoms with Crippen molar-refractivity contribution >= 4 is 40.1 Å². The standard InChI is InChI=1S/C13H12N2OS2/c1-8-2-3-9(12(14)17)6-11(8)15-13(16)10-4-5-18-7-10/h2-7H,1H3,(H2,14,17)(H,15,16). The van der Waals surface area contributed by atoms with E-state index < -0.39 is 0 Å². The van der Waals surface area contributed by atoms with Crippen LogP contribution in [0.25, 0.3) is 0 Å². The van der Waals surface area contributed by atoms with Crippen LogP contribution in [0.5, 0.6) is 0 Å². The van der Waals surface area contributed by atoms with Crippen LogP contribution in [0.3, 0.4) is 0 Å². The average Bonchev–Trinajstić information content (AvgIpc) is 2.85. The molecule has 0 atom stereocenters. The normalized spacial score (nSPS) is 10.1. The second-order valence-electron chi connectivity index (χ2n) is 3.86. The summed E-state index contributed by atoms with van der Waals surface area (Å²) in [5.74, 6) is -0.126. The van der Waals surface area contributed by atoms with Crippen molar-refractivity contribution < 1.29 is 4.79 Å². The summed E-state index contributed by atoms with van der Waals surface area (Å²) in [4.78, 5) is 12.3. The van der Waals surface area contributed by atoms with Gasteiger partial charge in [0.2, 0.25) is 0 Å². The van der Waals surface area contributed by atoms with Crippen LogP contribution in [0.15, 0.2) is 35.0 Å². The molecule has 0 fully saturated rings. The predicted molar refractivity (Wildman–Crippen MR) is 79.3 cm³/mol. The Kier molecular flexibility index (Phi) is 3.74. The number of rotatable bonds is 3. The van der Waals surface area contributed by atoms with Gasteiger partial charge in [-0.05, 0) is 30.0 Å². The summed E-state index contributed by atoms with van der Waals surface area (Å²) < 4.78 is 0. The zero-order valence-electron chi connectivity index (χ0n) is 9.77. The third kappa shape index (κ3) is 2.75. The van der Waals surface area contributed by atoms with Crippen molar-refractivity contribution in [2.45, 2.75) is 6.92 Å². The lowest BCUT2D eigenvalue weighted by Crippen LogP contribution is -2.14. The first-order valence-electron chi connectivity index (χ1n) is 5.32. The molecular formula is C13H12N2OS2. The van der Waals surface area contributed by atoms with Gasteiger partial charge in [0.25, 0.3) is 5.91 Å². The molecule has 0 radical (unpaired) electrons. The van der Waals surface area contributed by atoms with Crippen molar-refractivity contribution in [3.8, 4) is 0 Å². The number of amides is 1. The third-order valence-corrected chi connectivity index (χ3v) is 3.47. The Morgan fingerprint density at radius 1 is 1.33 bits per heavy atom. The van der Waals surface area contributed by atoms with Crippen LogP contribution in [-0.2, 0) is 0 Å². The van der Waals surface area contributed by atoms with Crippen LogP contribution in [0, 0.1) is 6.92 Å². The molecule has 0 aliphatic carbocycles. The SMILES string of the molecule is Cc1ccc(C(N)=S)cc1NC(=O)c1ccsc1. The van der Waals surface area contributed by atoms with E-state index in [1.807, 2.05) is 29.8 Å². The Balaban J connectivity index is 2.26. The number of nitrogens with one attached hydrogen (secondary N) is 1. The molecule has 0 saturated carbocycles. The Morgan fingerprint density at radius 3 is 2.72 bits per heavy atom. The molecular weight excluding hydrogens is 264 g/mol. The van der Waals surface area contributed by atoms with E-state index >= 15 is 0 Å². The molecule has 92 valence electrons. The monoisotopic (exact) mass is 276 g/mol. The first-order chi connectivity index (χ1) is 8.58. The summed E-state index contributed by atoms with van der Waals surface area (Å²) in [6.07, 6.45) is 0. The van der Waals surface area contributed by atoms with E-state index in [9.17, 15) is 4.79 Å². The average molecular weight is 276 g/mol. The maximum absolute atomic E-state index is 11.9. The van der Waals surface area contributed by atoms with E-state index in [2.05, 4.69) is 5.32 Å². The molecule has 1 aromatic carbocycles. The molecule has 5 heteroatoms. The smallest absolute Gasteiger partial charge is 0.256 e. The fourth-order valence-corrected chi connectivity index (χ4v) is 2.26. The van der Waals surface area contributed by atoms with E-state index in [1.54, 1.807) is 12.1 Å².